The number of benzene rings is 2. The maximum atomic E-state index is 13.3. The molecular weight excluding hydrogens is 415 g/mol. The van der Waals surface area contributed by atoms with Crippen molar-refractivity contribution >= 4 is 11.6 Å². The molecule has 6 heteroatoms. The Morgan fingerprint density at radius 3 is 2.52 bits per heavy atom. The van der Waals surface area contributed by atoms with Crippen molar-refractivity contribution in [2.45, 2.75) is 38.3 Å². The van der Waals surface area contributed by atoms with Crippen molar-refractivity contribution in [1.82, 2.24) is 14.8 Å². The number of carbonyl (C=O) groups is 1. The molecule has 1 fully saturated rings. The number of anilines is 1. The predicted octanol–water partition coefficient (Wildman–Crippen LogP) is 4.36. The van der Waals surface area contributed by atoms with E-state index in [1.807, 2.05) is 4.90 Å². The summed E-state index contributed by atoms with van der Waals surface area (Å²) in [6, 6.07) is 16.5. The molecule has 2 aliphatic heterocycles. The number of nitrogens with two attached hydrogens (primary N) is 1. The van der Waals surface area contributed by atoms with Crippen molar-refractivity contribution in [1.29, 1.82) is 0 Å². The third-order valence-electron chi connectivity index (χ3n) is 6.96. The zero-order chi connectivity index (χ0) is 22.9. The van der Waals surface area contributed by atoms with Gasteiger partial charge < -0.3 is 15.5 Å². The molecule has 5 nitrogen and oxygen atoms in total. The van der Waals surface area contributed by atoms with Crippen LogP contribution in [0.1, 0.15) is 41.1 Å². The van der Waals surface area contributed by atoms with Gasteiger partial charge in [0.2, 0.25) is 5.91 Å². The first-order valence-corrected chi connectivity index (χ1v) is 11.6. The standard InChI is InChI=1S/C27H29FN4O/c1-31-12-10-18(11-13-31)20-2-3-21-16-32(17-22(21)14-20)27(33)15-26-24(29)8-9-25(30-26)19-4-6-23(28)7-5-19/h2-9,14,18H,10-13,15-17,29H2,1H3. The molecule has 0 unspecified atom stereocenters. The molecule has 0 spiro atoms. The van der Waals surface area contributed by atoms with Gasteiger partial charge in [0.05, 0.1) is 23.5 Å². The molecule has 0 aliphatic carbocycles. The van der Waals surface area contributed by atoms with Crippen LogP contribution in [-0.2, 0) is 24.3 Å². The number of amides is 1. The molecule has 0 radical (unpaired) electrons. The van der Waals surface area contributed by atoms with E-state index >= 15 is 0 Å². The normalized spacial score (nSPS) is 16.7. The van der Waals surface area contributed by atoms with Gasteiger partial charge >= 0.3 is 0 Å². The summed E-state index contributed by atoms with van der Waals surface area (Å²) in [7, 11) is 2.18. The van der Waals surface area contributed by atoms with Crippen molar-refractivity contribution < 1.29 is 9.18 Å². The first kappa shape index (κ1) is 21.6. The maximum Gasteiger partial charge on any atom is 0.229 e. The number of halogens is 1. The third-order valence-corrected chi connectivity index (χ3v) is 6.96. The largest absolute Gasteiger partial charge is 0.397 e. The number of fused-ring (bicyclic) bond motifs is 1. The number of likely N-dealkylation sites (tertiary alicyclic amines) is 1. The molecule has 0 atom stereocenters. The van der Waals surface area contributed by atoms with Gasteiger partial charge in [0.15, 0.2) is 0 Å². The average molecular weight is 445 g/mol. The number of nitrogen functional groups attached to an aromatic ring is 1. The highest BCUT2D eigenvalue weighted by Gasteiger charge is 2.26. The lowest BCUT2D eigenvalue weighted by Crippen LogP contribution is -2.29. The second-order valence-corrected chi connectivity index (χ2v) is 9.27. The van der Waals surface area contributed by atoms with E-state index in [1.54, 1.807) is 24.3 Å². The number of hydrogen-bond acceptors (Lipinski definition) is 4. The molecule has 0 saturated carbocycles. The Hall–Kier alpha value is -3.25. The molecule has 33 heavy (non-hydrogen) atoms. The first-order valence-electron chi connectivity index (χ1n) is 11.6. The second kappa shape index (κ2) is 8.94. The van der Waals surface area contributed by atoms with Crippen LogP contribution in [0.15, 0.2) is 54.6 Å². The number of hydrogen-bond donors (Lipinski definition) is 1. The van der Waals surface area contributed by atoms with Crippen LogP contribution in [0.25, 0.3) is 11.3 Å². The molecule has 1 aromatic heterocycles. The molecule has 3 aromatic rings. The molecule has 2 aliphatic rings. The monoisotopic (exact) mass is 444 g/mol. The Kier molecular flexibility index (Phi) is 5.85. The Bertz CT molecular complexity index is 1170. The zero-order valence-electron chi connectivity index (χ0n) is 18.9. The summed E-state index contributed by atoms with van der Waals surface area (Å²) >= 11 is 0. The minimum Gasteiger partial charge on any atom is -0.397 e. The van der Waals surface area contributed by atoms with Crippen LogP contribution in [0.5, 0.6) is 0 Å². The highest BCUT2D eigenvalue weighted by Crippen LogP contribution is 2.32. The number of carbonyl (C=O) groups excluding carboxylic acids is 1. The summed E-state index contributed by atoms with van der Waals surface area (Å²) in [4.78, 5) is 22.0. The Balaban J connectivity index is 1.28. The second-order valence-electron chi connectivity index (χ2n) is 9.27. The van der Waals surface area contributed by atoms with Crippen molar-refractivity contribution in [3.63, 3.8) is 0 Å². The van der Waals surface area contributed by atoms with Crippen molar-refractivity contribution in [2.24, 2.45) is 0 Å². The number of rotatable bonds is 4. The van der Waals surface area contributed by atoms with E-state index in [2.05, 4.69) is 35.1 Å². The first-order chi connectivity index (χ1) is 16.0. The summed E-state index contributed by atoms with van der Waals surface area (Å²) in [6.45, 7) is 3.53. The molecule has 1 amide bonds. The van der Waals surface area contributed by atoms with E-state index < -0.39 is 0 Å². The van der Waals surface area contributed by atoms with E-state index in [9.17, 15) is 9.18 Å². The van der Waals surface area contributed by atoms with Crippen molar-refractivity contribution in [2.75, 3.05) is 25.9 Å². The molecule has 0 bridgehead atoms. The zero-order valence-corrected chi connectivity index (χ0v) is 18.9. The van der Waals surface area contributed by atoms with Gasteiger partial charge in [-0.1, -0.05) is 18.2 Å². The predicted molar refractivity (Wildman–Crippen MR) is 128 cm³/mol. The molecular formula is C27H29FN4O. The van der Waals surface area contributed by atoms with Crippen LogP contribution in [0, 0.1) is 5.82 Å². The van der Waals surface area contributed by atoms with Crippen LogP contribution in [-0.4, -0.2) is 40.8 Å². The van der Waals surface area contributed by atoms with Crippen molar-refractivity contribution in [3.8, 4) is 11.3 Å². The lowest BCUT2D eigenvalue weighted by Gasteiger charge is -2.29. The number of aromatic nitrogens is 1. The van der Waals surface area contributed by atoms with Gasteiger partial charge in [0.1, 0.15) is 5.82 Å². The fraction of sp³-hybridized carbons (Fsp3) is 0.333. The van der Waals surface area contributed by atoms with Gasteiger partial charge in [-0.05, 0) is 92.0 Å². The van der Waals surface area contributed by atoms with E-state index in [0.29, 0.717) is 36.1 Å². The van der Waals surface area contributed by atoms with Gasteiger partial charge in [0.25, 0.3) is 0 Å². The van der Waals surface area contributed by atoms with Gasteiger partial charge in [-0.25, -0.2) is 4.39 Å². The fourth-order valence-electron chi connectivity index (χ4n) is 4.88. The van der Waals surface area contributed by atoms with Crippen LogP contribution in [0.2, 0.25) is 0 Å². The summed E-state index contributed by atoms with van der Waals surface area (Å²) in [5, 5.41) is 0. The topological polar surface area (TPSA) is 62.5 Å². The van der Waals surface area contributed by atoms with E-state index in [1.165, 1.54) is 41.7 Å². The van der Waals surface area contributed by atoms with Gasteiger partial charge in [0, 0.05) is 18.7 Å². The smallest absolute Gasteiger partial charge is 0.229 e. The Morgan fingerprint density at radius 1 is 1.03 bits per heavy atom. The molecule has 2 N–H and O–H groups in total. The molecule has 1 saturated heterocycles. The SMILES string of the molecule is CN1CCC(c2ccc3c(c2)CN(C(=O)Cc2nc(-c4ccc(F)cc4)ccc2N)C3)CC1. The number of piperidine rings is 1. The summed E-state index contributed by atoms with van der Waals surface area (Å²) in [5.74, 6) is 0.328. The minimum absolute atomic E-state index is 0.0162. The Labute approximate surface area is 194 Å². The highest BCUT2D eigenvalue weighted by molar-refractivity contribution is 5.81. The molecule has 170 valence electrons. The molecule has 5 rings (SSSR count). The Morgan fingerprint density at radius 2 is 1.76 bits per heavy atom. The maximum absolute atomic E-state index is 13.3. The number of pyridine rings is 1. The third kappa shape index (κ3) is 4.62. The van der Waals surface area contributed by atoms with Gasteiger partial charge in [-0.15, -0.1) is 0 Å². The summed E-state index contributed by atoms with van der Waals surface area (Å²) in [6.07, 6.45) is 2.53. The average Bonchev–Trinajstić information content (AvgIpc) is 3.25. The summed E-state index contributed by atoms with van der Waals surface area (Å²) < 4.78 is 13.3. The van der Waals surface area contributed by atoms with Crippen molar-refractivity contribution in [3.05, 3.63) is 82.8 Å². The molecule has 3 heterocycles. The quantitative estimate of drug-likeness (QED) is 0.649. The van der Waals surface area contributed by atoms with Gasteiger partial charge in [-0.3, -0.25) is 9.78 Å². The van der Waals surface area contributed by atoms with E-state index in [4.69, 9.17) is 5.73 Å². The summed E-state index contributed by atoms with van der Waals surface area (Å²) in [5.41, 5.74) is 12.5. The lowest BCUT2D eigenvalue weighted by atomic mass is 9.88. The highest BCUT2D eigenvalue weighted by atomic mass is 19.1. The van der Waals surface area contributed by atoms with Crippen LogP contribution in [0.4, 0.5) is 10.1 Å². The fourth-order valence-corrected chi connectivity index (χ4v) is 4.88. The molecule has 2 aromatic carbocycles. The van der Waals surface area contributed by atoms with E-state index in [0.717, 1.165) is 18.7 Å². The number of nitrogens with zero attached hydrogens (tertiary/aromatic N) is 3. The van der Waals surface area contributed by atoms with Crippen LogP contribution >= 0.6 is 0 Å². The van der Waals surface area contributed by atoms with Crippen LogP contribution < -0.4 is 5.73 Å². The minimum atomic E-state index is -0.294. The van der Waals surface area contributed by atoms with Crippen LogP contribution in [0.3, 0.4) is 0 Å². The van der Waals surface area contributed by atoms with Gasteiger partial charge in [-0.2, -0.15) is 0 Å². The lowest BCUT2D eigenvalue weighted by molar-refractivity contribution is -0.131. The van der Waals surface area contributed by atoms with E-state index in [-0.39, 0.29) is 18.1 Å².